The highest BCUT2D eigenvalue weighted by atomic mass is 16.6. The standard InChI is InChI=1S/C33H42N2O7/c1-32(2,3)42-30(38)34-20-23(19-33(22-34)14-17-40-18-15-33)35(16-8-13-29(36)37)31(39)41-21-28-26-11-6-4-9-24(26)25-10-5-7-12-27(25)28/h4-7,9-12,23,28H,8,13-22H2,1-3H3,(H,36,37). The zero-order chi connectivity index (χ0) is 29.9. The number of piperidine rings is 1. The Hall–Kier alpha value is -3.59. The molecule has 0 saturated carbocycles. The summed E-state index contributed by atoms with van der Waals surface area (Å²) in [6.07, 6.45) is 1.57. The van der Waals surface area contributed by atoms with Crippen LogP contribution in [0.15, 0.2) is 48.5 Å². The van der Waals surface area contributed by atoms with Crippen molar-refractivity contribution in [1.29, 1.82) is 0 Å². The van der Waals surface area contributed by atoms with Gasteiger partial charge in [0.25, 0.3) is 0 Å². The number of aliphatic carboxylic acids is 1. The minimum absolute atomic E-state index is 0.0609. The third-order valence-corrected chi connectivity index (χ3v) is 8.63. The molecule has 9 heteroatoms. The van der Waals surface area contributed by atoms with E-state index in [4.69, 9.17) is 14.2 Å². The number of carboxylic acid groups (broad SMARTS) is 1. The number of carbonyl (C=O) groups is 3. The van der Waals surface area contributed by atoms with E-state index in [-0.39, 0.29) is 36.9 Å². The molecule has 2 aromatic carbocycles. The van der Waals surface area contributed by atoms with Gasteiger partial charge in [0.2, 0.25) is 0 Å². The van der Waals surface area contributed by atoms with Crippen LogP contribution in [0.25, 0.3) is 11.1 Å². The van der Waals surface area contributed by atoms with Crippen molar-refractivity contribution < 1.29 is 33.7 Å². The van der Waals surface area contributed by atoms with Gasteiger partial charge in [0.05, 0.1) is 6.04 Å². The lowest BCUT2D eigenvalue weighted by Gasteiger charge is -2.50. The van der Waals surface area contributed by atoms with Crippen molar-refractivity contribution in [2.24, 2.45) is 5.41 Å². The van der Waals surface area contributed by atoms with Gasteiger partial charge in [-0.2, -0.15) is 0 Å². The van der Waals surface area contributed by atoms with E-state index in [0.717, 1.165) is 35.1 Å². The summed E-state index contributed by atoms with van der Waals surface area (Å²) in [6, 6.07) is 16.0. The second-order valence-corrected chi connectivity index (χ2v) is 12.8. The molecule has 2 heterocycles. The molecule has 0 aromatic heterocycles. The SMILES string of the molecule is CC(C)(C)OC(=O)N1CC(N(CCCC(=O)O)C(=O)OCC2c3ccccc3-c3ccccc32)CC2(CCOCC2)C1. The van der Waals surface area contributed by atoms with E-state index in [9.17, 15) is 19.5 Å². The molecule has 1 atom stereocenters. The molecule has 2 saturated heterocycles. The number of hydrogen-bond acceptors (Lipinski definition) is 6. The van der Waals surface area contributed by atoms with Crippen LogP contribution in [0.3, 0.4) is 0 Å². The largest absolute Gasteiger partial charge is 0.481 e. The van der Waals surface area contributed by atoms with Crippen molar-refractivity contribution >= 4 is 18.2 Å². The van der Waals surface area contributed by atoms with Gasteiger partial charge >= 0.3 is 18.2 Å². The van der Waals surface area contributed by atoms with Gasteiger partial charge in [0.1, 0.15) is 12.2 Å². The zero-order valence-corrected chi connectivity index (χ0v) is 24.8. The summed E-state index contributed by atoms with van der Waals surface area (Å²) in [5.74, 6) is -1.00. The first-order valence-corrected chi connectivity index (χ1v) is 14.9. The first kappa shape index (κ1) is 29.9. The molecule has 1 unspecified atom stereocenters. The number of benzene rings is 2. The first-order chi connectivity index (χ1) is 20.1. The monoisotopic (exact) mass is 578 g/mol. The van der Waals surface area contributed by atoms with Gasteiger partial charge < -0.3 is 29.1 Å². The number of nitrogens with zero attached hydrogens (tertiary/aromatic N) is 2. The summed E-state index contributed by atoms with van der Waals surface area (Å²) in [4.78, 5) is 41.9. The molecule has 0 bridgehead atoms. The molecule has 0 radical (unpaired) electrons. The number of likely N-dealkylation sites (tertiary alicyclic amines) is 1. The highest BCUT2D eigenvalue weighted by molar-refractivity contribution is 5.79. The van der Waals surface area contributed by atoms with E-state index in [0.29, 0.717) is 39.1 Å². The average molecular weight is 579 g/mol. The molecule has 2 amide bonds. The Kier molecular flexibility index (Phi) is 8.78. The topological polar surface area (TPSA) is 106 Å². The van der Waals surface area contributed by atoms with Crippen molar-refractivity contribution in [2.75, 3.05) is 39.5 Å². The number of amides is 2. The summed E-state index contributed by atoms with van der Waals surface area (Å²) in [5, 5.41) is 9.31. The molecule has 3 aliphatic rings. The van der Waals surface area contributed by atoms with E-state index < -0.39 is 23.8 Å². The Balaban J connectivity index is 1.37. The predicted molar refractivity (Wildman–Crippen MR) is 157 cm³/mol. The Morgan fingerprint density at radius 1 is 1.02 bits per heavy atom. The Morgan fingerprint density at radius 2 is 1.64 bits per heavy atom. The molecule has 1 N–H and O–H groups in total. The third-order valence-electron chi connectivity index (χ3n) is 8.63. The van der Waals surface area contributed by atoms with Gasteiger partial charge in [0, 0.05) is 45.2 Å². The van der Waals surface area contributed by atoms with Gasteiger partial charge in [-0.05, 0) is 74.1 Å². The van der Waals surface area contributed by atoms with Gasteiger partial charge in [0.15, 0.2) is 0 Å². The highest BCUT2D eigenvalue weighted by Gasteiger charge is 2.46. The number of ether oxygens (including phenoxy) is 3. The molecule has 2 fully saturated rings. The number of carboxylic acids is 1. The number of hydrogen-bond donors (Lipinski definition) is 1. The lowest BCUT2D eigenvalue weighted by Crippen LogP contribution is -2.59. The minimum atomic E-state index is -0.914. The van der Waals surface area contributed by atoms with E-state index in [1.165, 1.54) is 0 Å². The van der Waals surface area contributed by atoms with Crippen molar-refractivity contribution in [3.05, 3.63) is 59.7 Å². The fourth-order valence-electron chi connectivity index (χ4n) is 6.69. The molecule has 2 aliphatic heterocycles. The Morgan fingerprint density at radius 3 is 2.24 bits per heavy atom. The maximum Gasteiger partial charge on any atom is 0.410 e. The minimum Gasteiger partial charge on any atom is -0.481 e. The molecule has 1 spiro atoms. The van der Waals surface area contributed by atoms with Crippen LogP contribution in [0.1, 0.15) is 69.9 Å². The molecule has 226 valence electrons. The summed E-state index contributed by atoms with van der Waals surface area (Å²) in [6.45, 7) is 7.94. The van der Waals surface area contributed by atoms with Crippen LogP contribution in [-0.4, -0.2) is 84.2 Å². The number of carbonyl (C=O) groups excluding carboxylic acids is 2. The van der Waals surface area contributed by atoms with Crippen LogP contribution in [0, 0.1) is 5.41 Å². The lowest BCUT2D eigenvalue weighted by molar-refractivity contribution is -0.137. The molecule has 5 rings (SSSR count). The number of fused-ring (bicyclic) bond motifs is 3. The molecule has 9 nitrogen and oxygen atoms in total. The Labute approximate surface area is 247 Å². The summed E-state index contributed by atoms with van der Waals surface area (Å²) in [7, 11) is 0. The van der Waals surface area contributed by atoms with Crippen LogP contribution in [0.2, 0.25) is 0 Å². The van der Waals surface area contributed by atoms with Crippen molar-refractivity contribution in [3.8, 4) is 11.1 Å². The molecular formula is C33H42N2O7. The van der Waals surface area contributed by atoms with Gasteiger partial charge in [-0.25, -0.2) is 9.59 Å². The summed E-state index contributed by atoms with van der Waals surface area (Å²) >= 11 is 0. The van der Waals surface area contributed by atoms with Crippen molar-refractivity contribution in [1.82, 2.24) is 9.80 Å². The van der Waals surface area contributed by atoms with Crippen LogP contribution in [0.5, 0.6) is 0 Å². The second kappa shape index (κ2) is 12.3. The van der Waals surface area contributed by atoms with E-state index in [2.05, 4.69) is 24.3 Å². The van der Waals surface area contributed by atoms with Crippen LogP contribution in [0.4, 0.5) is 9.59 Å². The van der Waals surface area contributed by atoms with E-state index >= 15 is 0 Å². The normalized spacial score (nSPS) is 19.6. The van der Waals surface area contributed by atoms with Gasteiger partial charge in [-0.1, -0.05) is 48.5 Å². The van der Waals surface area contributed by atoms with Crippen LogP contribution >= 0.6 is 0 Å². The maximum absolute atomic E-state index is 13.9. The van der Waals surface area contributed by atoms with Gasteiger partial charge in [-0.3, -0.25) is 4.79 Å². The van der Waals surface area contributed by atoms with E-state index in [1.807, 2.05) is 45.0 Å². The predicted octanol–water partition coefficient (Wildman–Crippen LogP) is 5.91. The Bertz CT molecular complexity index is 1250. The molecule has 1 aliphatic carbocycles. The second-order valence-electron chi connectivity index (χ2n) is 12.8. The molecule has 42 heavy (non-hydrogen) atoms. The summed E-state index contributed by atoms with van der Waals surface area (Å²) in [5.41, 5.74) is 3.68. The first-order valence-electron chi connectivity index (χ1n) is 14.9. The lowest BCUT2D eigenvalue weighted by atomic mass is 9.72. The van der Waals surface area contributed by atoms with Crippen molar-refractivity contribution in [2.45, 2.75) is 70.4 Å². The van der Waals surface area contributed by atoms with Crippen molar-refractivity contribution in [3.63, 3.8) is 0 Å². The highest BCUT2D eigenvalue weighted by Crippen LogP contribution is 2.45. The quantitative estimate of drug-likeness (QED) is 0.436. The summed E-state index contributed by atoms with van der Waals surface area (Å²) < 4.78 is 17.4. The van der Waals surface area contributed by atoms with Crippen LogP contribution in [-0.2, 0) is 19.0 Å². The third kappa shape index (κ3) is 6.72. The number of rotatable bonds is 7. The van der Waals surface area contributed by atoms with Gasteiger partial charge in [-0.15, -0.1) is 0 Å². The maximum atomic E-state index is 13.9. The van der Waals surface area contributed by atoms with Crippen LogP contribution < -0.4 is 0 Å². The molecular weight excluding hydrogens is 536 g/mol. The fourth-order valence-corrected chi connectivity index (χ4v) is 6.69. The average Bonchev–Trinajstić information content (AvgIpc) is 3.27. The smallest absolute Gasteiger partial charge is 0.410 e. The zero-order valence-electron chi connectivity index (χ0n) is 24.8. The van der Waals surface area contributed by atoms with E-state index in [1.54, 1.807) is 9.80 Å². The fraction of sp³-hybridized carbons (Fsp3) is 0.545. The molecule has 2 aromatic rings.